The molecule has 8 nitrogen and oxygen atoms in total. The molecule has 1 atom stereocenters. The summed E-state index contributed by atoms with van der Waals surface area (Å²) in [6, 6.07) is 1.88. The van der Waals surface area contributed by atoms with Crippen LogP contribution in [0.15, 0.2) is 6.07 Å². The molecule has 128 valence electrons. The maximum Gasteiger partial charge on any atom is 0.219 e. The Morgan fingerprint density at radius 2 is 2.29 bits per heavy atom. The number of morpholine rings is 1. The third-order valence-corrected chi connectivity index (χ3v) is 4.70. The molecule has 2 aromatic heterocycles. The van der Waals surface area contributed by atoms with Crippen LogP contribution in [0.4, 0.5) is 5.82 Å². The first-order chi connectivity index (χ1) is 11.5. The van der Waals surface area contributed by atoms with Crippen molar-refractivity contribution in [2.45, 2.75) is 33.4 Å². The van der Waals surface area contributed by atoms with Crippen LogP contribution < -0.4 is 5.32 Å². The normalized spacial score (nSPS) is 17.8. The van der Waals surface area contributed by atoms with Crippen LogP contribution in [-0.4, -0.2) is 50.1 Å². The minimum atomic E-state index is -0.225. The number of carbonyl (C=O) groups excluding carboxylic acids is 1. The molecule has 0 aliphatic carbocycles. The lowest BCUT2D eigenvalue weighted by Crippen LogP contribution is -2.41. The van der Waals surface area contributed by atoms with Gasteiger partial charge >= 0.3 is 0 Å². The minimum absolute atomic E-state index is 0.0561. The van der Waals surface area contributed by atoms with E-state index in [0.717, 1.165) is 22.1 Å². The molecule has 1 saturated heterocycles. The van der Waals surface area contributed by atoms with E-state index < -0.39 is 0 Å². The maximum absolute atomic E-state index is 11.6. The Bertz CT molecular complexity index is 735. The number of hydrogen-bond acceptors (Lipinski definition) is 8. The van der Waals surface area contributed by atoms with Crippen LogP contribution >= 0.6 is 11.5 Å². The van der Waals surface area contributed by atoms with Gasteiger partial charge < -0.3 is 15.0 Å². The fraction of sp³-hybridized carbons (Fsp3) is 0.533. The molecule has 0 unspecified atom stereocenters. The molecule has 0 bridgehead atoms. The summed E-state index contributed by atoms with van der Waals surface area (Å²) in [5.41, 5.74) is 1.71. The molecule has 1 aliphatic heterocycles. The number of ether oxygens (including phenoxy) is 1. The summed E-state index contributed by atoms with van der Waals surface area (Å²) in [5, 5.41) is 7.29. The Hall–Kier alpha value is -2.13. The lowest BCUT2D eigenvalue weighted by Gasteiger charge is -2.32. The van der Waals surface area contributed by atoms with Gasteiger partial charge in [-0.15, -0.1) is 5.10 Å². The predicted molar refractivity (Wildman–Crippen MR) is 89.7 cm³/mol. The van der Waals surface area contributed by atoms with Gasteiger partial charge in [0.1, 0.15) is 17.7 Å². The molecule has 0 spiro atoms. The molecule has 24 heavy (non-hydrogen) atoms. The average Bonchev–Trinajstić information content (AvgIpc) is 2.97. The highest BCUT2D eigenvalue weighted by Gasteiger charge is 2.25. The standard InChI is InChI=1S/C15H20N6O2S/c1-9-14(24-20-19-9)7-16-15-6-12(17-10(2)18-15)13-8-21(11(3)22)4-5-23-13/h6,13H,4-5,7-8H2,1-3H3,(H,16,17,18)/t13-/m1/s1. The smallest absolute Gasteiger partial charge is 0.219 e. The van der Waals surface area contributed by atoms with Crippen molar-refractivity contribution in [3.05, 3.63) is 28.2 Å². The highest BCUT2D eigenvalue weighted by atomic mass is 32.1. The molecule has 1 amide bonds. The number of amides is 1. The van der Waals surface area contributed by atoms with Crippen molar-refractivity contribution in [3.8, 4) is 0 Å². The third kappa shape index (κ3) is 3.85. The van der Waals surface area contributed by atoms with Crippen molar-refractivity contribution in [2.24, 2.45) is 0 Å². The molecule has 1 N–H and O–H groups in total. The van der Waals surface area contributed by atoms with Crippen LogP contribution in [0.3, 0.4) is 0 Å². The highest BCUT2D eigenvalue weighted by molar-refractivity contribution is 7.05. The van der Waals surface area contributed by atoms with E-state index in [2.05, 4.69) is 24.9 Å². The lowest BCUT2D eigenvalue weighted by atomic mass is 10.2. The molecular weight excluding hydrogens is 328 g/mol. The molecule has 0 aromatic carbocycles. The SMILES string of the molecule is CC(=O)N1CCO[C@@H](c2cc(NCc3snnc3C)nc(C)n2)C1. The zero-order chi connectivity index (χ0) is 17.1. The topological polar surface area (TPSA) is 93.1 Å². The molecule has 1 aliphatic rings. The molecule has 3 rings (SSSR count). The number of aromatic nitrogens is 4. The van der Waals surface area contributed by atoms with Crippen molar-refractivity contribution in [3.63, 3.8) is 0 Å². The first-order valence-corrected chi connectivity index (χ1v) is 8.54. The van der Waals surface area contributed by atoms with Gasteiger partial charge in [-0.05, 0) is 25.4 Å². The summed E-state index contributed by atoms with van der Waals surface area (Å²) in [5.74, 6) is 1.45. The number of nitrogens with one attached hydrogen (secondary N) is 1. The van der Waals surface area contributed by atoms with Crippen LogP contribution in [0.1, 0.15) is 35.1 Å². The fourth-order valence-corrected chi connectivity index (χ4v) is 3.12. The van der Waals surface area contributed by atoms with Gasteiger partial charge in [0.05, 0.1) is 36.0 Å². The number of anilines is 1. The molecule has 9 heteroatoms. The van der Waals surface area contributed by atoms with E-state index in [9.17, 15) is 4.79 Å². The van der Waals surface area contributed by atoms with Crippen LogP contribution in [0.5, 0.6) is 0 Å². The minimum Gasteiger partial charge on any atom is -0.368 e. The van der Waals surface area contributed by atoms with Gasteiger partial charge in [-0.25, -0.2) is 9.97 Å². The predicted octanol–water partition coefficient (Wildman–Crippen LogP) is 1.48. The number of nitrogens with zero attached hydrogens (tertiary/aromatic N) is 5. The van der Waals surface area contributed by atoms with Crippen molar-refractivity contribution < 1.29 is 9.53 Å². The van der Waals surface area contributed by atoms with Crippen LogP contribution in [-0.2, 0) is 16.1 Å². The molecule has 0 saturated carbocycles. The summed E-state index contributed by atoms with van der Waals surface area (Å²) in [6.07, 6.45) is -0.225. The first-order valence-electron chi connectivity index (χ1n) is 7.77. The maximum atomic E-state index is 11.6. The van der Waals surface area contributed by atoms with Crippen molar-refractivity contribution in [2.75, 3.05) is 25.0 Å². The Kier molecular flexibility index (Phi) is 5.00. The molecule has 1 fully saturated rings. The van der Waals surface area contributed by atoms with E-state index >= 15 is 0 Å². The Balaban J connectivity index is 1.73. The van der Waals surface area contributed by atoms with E-state index in [0.29, 0.717) is 32.1 Å². The number of hydrogen-bond donors (Lipinski definition) is 1. The van der Waals surface area contributed by atoms with E-state index in [4.69, 9.17) is 4.74 Å². The lowest BCUT2D eigenvalue weighted by molar-refractivity contribution is -0.136. The second-order valence-electron chi connectivity index (χ2n) is 5.68. The summed E-state index contributed by atoms with van der Waals surface area (Å²) >= 11 is 1.37. The average molecular weight is 348 g/mol. The second-order valence-corrected chi connectivity index (χ2v) is 6.52. The Labute approximate surface area is 144 Å². The summed E-state index contributed by atoms with van der Waals surface area (Å²) in [7, 11) is 0. The molecule has 2 aromatic rings. The van der Waals surface area contributed by atoms with E-state index in [1.165, 1.54) is 11.5 Å². The van der Waals surface area contributed by atoms with E-state index in [1.807, 2.05) is 19.9 Å². The van der Waals surface area contributed by atoms with Crippen molar-refractivity contribution in [1.82, 2.24) is 24.5 Å². The summed E-state index contributed by atoms with van der Waals surface area (Å²) in [4.78, 5) is 23.3. The van der Waals surface area contributed by atoms with Gasteiger partial charge in [0.15, 0.2) is 0 Å². The molecule has 3 heterocycles. The van der Waals surface area contributed by atoms with Gasteiger partial charge in [-0.1, -0.05) is 4.49 Å². The number of rotatable bonds is 4. The van der Waals surface area contributed by atoms with Gasteiger partial charge in [0.25, 0.3) is 0 Å². The van der Waals surface area contributed by atoms with Crippen molar-refractivity contribution in [1.29, 1.82) is 0 Å². The van der Waals surface area contributed by atoms with Gasteiger partial charge in [-0.3, -0.25) is 4.79 Å². The van der Waals surface area contributed by atoms with Crippen LogP contribution in [0.25, 0.3) is 0 Å². The van der Waals surface area contributed by atoms with E-state index in [1.54, 1.807) is 11.8 Å². The largest absolute Gasteiger partial charge is 0.368 e. The summed E-state index contributed by atoms with van der Waals surface area (Å²) in [6.45, 7) is 7.63. The quantitative estimate of drug-likeness (QED) is 0.894. The fourth-order valence-electron chi connectivity index (χ4n) is 2.54. The zero-order valence-electron chi connectivity index (χ0n) is 13.9. The van der Waals surface area contributed by atoms with Crippen molar-refractivity contribution >= 4 is 23.3 Å². The number of aryl methyl sites for hydroxylation is 2. The van der Waals surface area contributed by atoms with Gasteiger partial charge in [0, 0.05) is 19.5 Å². The highest BCUT2D eigenvalue weighted by Crippen LogP contribution is 2.23. The Morgan fingerprint density at radius 1 is 1.46 bits per heavy atom. The van der Waals surface area contributed by atoms with E-state index in [-0.39, 0.29) is 12.0 Å². The third-order valence-electron chi connectivity index (χ3n) is 3.87. The summed E-state index contributed by atoms with van der Waals surface area (Å²) < 4.78 is 9.72. The van der Waals surface area contributed by atoms with Gasteiger partial charge in [-0.2, -0.15) is 0 Å². The van der Waals surface area contributed by atoms with Crippen LogP contribution in [0, 0.1) is 13.8 Å². The Morgan fingerprint density at radius 3 is 3.00 bits per heavy atom. The first kappa shape index (κ1) is 16.7. The zero-order valence-corrected chi connectivity index (χ0v) is 14.8. The number of carbonyl (C=O) groups is 1. The molecule has 0 radical (unpaired) electrons. The van der Waals surface area contributed by atoms with Gasteiger partial charge in [0.2, 0.25) is 5.91 Å². The molecular formula is C15H20N6O2S. The second kappa shape index (κ2) is 7.18. The van der Waals surface area contributed by atoms with Crippen LogP contribution in [0.2, 0.25) is 0 Å². The monoisotopic (exact) mass is 348 g/mol.